The summed E-state index contributed by atoms with van der Waals surface area (Å²) in [7, 11) is 0. The first-order valence-electron chi connectivity index (χ1n) is 7.04. The second kappa shape index (κ2) is 7.23. The van der Waals surface area contributed by atoms with E-state index in [0.717, 1.165) is 11.3 Å². The highest BCUT2D eigenvalue weighted by Crippen LogP contribution is 2.19. The van der Waals surface area contributed by atoms with E-state index in [1.165, 1.54) is 24.3 Å². The quantitative estimate of drug-likeness (QED) is 0.765. The Bertz CT molecular complexity index is 668. The first-order chi connectivity index (χ1) is 10.9. The van der Waals surface area contributed by atoms with Gasteiger partial charge in [-0.15, -0.1) is 0 Å². The largest absolute Gasteiger partial charge is 0.435 e. The van der Waals surface area contributed by atoms with E-state index in [-0.39, 0.29) is 18.2 Å². The number of H-pyrrole nitrogens is 1. The maximum Gasteiger partial charge on any atom is 0.387 e. The summed E-state index contributed by atoms with van der Waals surface area (Å²) in [5, 5.41) is 12.7. The van der Waals surface area contributed by atoms with Crippen LogP contribution in [0.15, 0.2) is 30.3 Å². The maximum atomic E-state index is 12.1. The number of benzene rings is 1. The third-order valence-corrected chi connectivity index (χ3v) is 3.32. The molecule has 1 heterocycles. The second-order valence-corrected chi connectivity index (χ2v) is 5.18. The molecule has 5 nitrogen and oxygen atoms in total. The van der Waals surface area contributed by atoms with Gasteiger partial charge in [0.1, 0.15) is 11.4 Å². The van der Waals surface area contributed by atoms with Crippen LogP contribution in [-0.4, -0.2) is 29.2 Å². The summed E-state index contributed by atoms with van der Waals surface area (Å²) in [6, 6.07) is 7.47. The molecule has 2 rings (SSSR count). The molecule has 124 valence electrons. The zero-order chi connectivity index (χ0) is 17.0. The molecule has 0 fully saturated rings. The molecule has 0 bridgehead atoms. The number of halogens is 2. The molecule has 1 atom stereocenters. The molecule has 7 heteroatoms. The van der Waals surface area contributed by atoms with Gasteiger partial charge in [0.15, 0.2) is 0 Å². The number of aromatic amines is 1. The molecule has 1 aromatic heterocycles. The van der Waals surface area contributed by atoms with Crippen molar-refractivity contribution in [2.24, 2.45) is 0 Å². The predicted molar refractivity (Wildman–Crippen MR) is 80.6 cm³/mol. The summed E-state index contributed by atoms with van der Waals surface area (Å²) < 4.78 is 28.4. The summed E-state index contributed by atoms with van der Waals surface area (Å²) in [6.45, 7) is 0.779. The Balaban J connectivity index is 1.92. The molecular formula is C16H18F2N2O3. The zero-order valence-electron chi connectivity index (χ0n) is 12.8. The summed E-state index contributed by atoms with van der Waals surface area (Å²) in [4.78, 5) is 15.0. The maximum absolute atomic E-state index is 12.1. The Kier molecular flexibility index (Phi) is 5.33. The van der Waals surface area contributed by atoms with Crippen LogP contribution in [0.3, 0.4) is 0 Å². The fourth-order valence-corrected chi connectivity index (χ4v) is 2.23. The number of ether oxygens (including phenoxy) is 1. The lowest BCUT2D eigenvalue weighted by molar-refractivity contribution is -0.0498. The molecule has 1 aromatic carbocycles. The van der Waals surface area contributed by atoms with Crippen molar-refractivity contribution in [2.45, 2.75) is 26.6 Å². The average Bonchev–Trinajstić information content (AvgIpc) is 2.83. The molecule has 0 radical (unpaired) electrons. The number of aliphatic hydroxyl groups excluding tert-OH is 1. The van der Waals surface area contributed by atoms with Crippen molar-refractivity contribution < 1.29 is 23.4 Å². The Morgan fingerprint density at radius 2 is 1.96 bits per heavy atom. The van der Waals surface area contributed by atoms with Crippen LogP contribution in [0, 0.1) is 13.8 Å². The first kappa shape index (κ1) is 17.0. The van der Waals surface area contributed by atoms with Crippen molar-refractivity contribution in [1.82, 2.24) is 10.3 Å². The fourth-order valence-electron chi connectivity index (χ4n) is 2.23. The van der Waals surface area contributed by atoms with Gasteiger partial charge in [0.2, 0.25) is 0 Å². The van der Waals surface area contributed by atoms with Crippen molar-refractivity contribution in [2.75, 3.05) is 6.54 Å². The van der Waals surface area contributed by atoms with Crippen molar-refractivity contribution in [3.63, 3.8) is 0 Å². The minimum atomic E-state index is -2.89. The monoisotopic (exact) mass is 324 g/mol. The van der Waals surface area contributed by atoms with Crippen LogP contribution in [0.1, 0.15) is 33.4 Å². The summed E-state index contributed by atoms with van der Waals surface area (Å²) in [6.07, 6.45) is -0.948. The molecule has 0 aliphatic rings. The van der Waals surface area contributed by atoms with Gasteiger partial charge in [-0.1, -0.05) is 12.1 Å². The topological polar surface area (TPSA) is 74.3 Å². The van der Waals surface area contributed by atoms with Crippen molar-refractivity contribution >= 4 is 5.91 Å². The van der Waals surface area contributed by atoms with Crippen LogP contribution in [0.4, 0.5) is 8.78 Å². The highest BCUT2D eigenvalue weighted by molar-refractivity contribution is 5.94. The minimum absolute atomic E-state index is 0.00535. The van der Waals surface area contributed by atoms with Gasteiger partial charge in [0, 0.05) is 12.2 Å². The van der Waals surface area contributed by atoms with Gasteiger partial charge in [-0.25, -0.2) is 0 Å². The lowest BCUT2D eigenvalue weighted by Crippen LogP contribution is -2.29. The molecule has 0 aliphatic heterocycles. The smallest absolute Gasteiger partial charge is 0.387 e. The van der Waals surface area contributed by atoms with Crippen LogP contribution in [0.2, 0.25) is 0 Å². The van der Waals surface area contributed by atoms with E-state index in [0.29, 0.717) is 11.3 Å². The van der Waals surface area contributed by atoms with Gasteiger partial charge in [0.05, 0.1) is 6.10 Å². The zero-order valence-corrected chi connectivity index (χ0v) is 12.8. The molecule has 0 saturated carbocycles. The number of nitrogens with one attached hydrogen (secondary N) is 2. The number of carbonyl (C=O) groups excluding carboxylic acids is 1. The van der Waals surface area contributed by atoms with Crippen LogP contribution in [0.25, 0.3) is 0 Å². The van der Waals surface area contributed by atoms with Gasteiger partial charge in [-0.3, -0.25) is 4.79 Å². The SMILES string of the molecule is Cc1cc(C)c(C(=O)NCC(O)c2ccc(OC(F)F)cc2)[nH]1. The summed E-state index contributed by atoms with van der Waals surface area (Å²) in [5.41, 5.74) is 2.65. The van der Waals surface area contributed by atoms with E-state index in [2.05, 4.69) is 15.0 Å². The third kappa shape index (κ3) is 4.53. The van der Waals surface area contributed by atoms with Crippen molar-refractivity contribution in [1.29, 1.82) is 0 Å². The van der Waals surface area contributed by atoms with Crippen molar-refractivity contribution in [3.8, 4) is 5.75 Å². The molecule has 2 aromatic rings. The van der Waals surface area contributed by atoms with Crippen LogP contribution < -0.4 is 10.1 Å². The number of hydrogen-bond acceptors (Lipinski definition) is 3. The van der Waals surface area contributed by atoms with E-state index in [9.17, 15) is 18.7 Å². The molecule has 3 N–H and O–H groups in total. The van der Waals surface area contributed by atoms with Gasteiger partial charge in [-0.05, 0) is 43.2 Å². The number of carbonyl (C=O) groups is 1. The van der Waals surface area contributed by atoms with Gasteiger partial charge < -0.3 is 20.1 Å². The number of aromatic nitrogens is 1. The Labute approximate surface area is 132 Å². The number of hydrogen-bond donors (Lipinski definition) is 3. The second-order valence-electron chi connectivity index (χ2n) is 5.18. The molecule has 23 heavy (non-hydrogen) atoms. The van der Waals surface area contributed by atoms with Crippen molar-refractivity contribution in [3.05, 3.63) is 52.8 Å². The average molecular weight is 324 g/mol. The standard InChI is InChI=1S/C16H18F2N2O3/c1-9-7-10(2)20-14(9)15(22)19-8-13(21)11-3-5-12(6-4-11)23-16(17)18/h3-7,13,16,20-21H,8H2,1-2H3,(H,19,22). The van der Waals surface area contributed by atoms with Crippen LogP contribution in [-0.2, 0) is 0 Å². The van der Waals surface area contributed by atoms with Gasteiger partial charge >= 0.3 is 6.61 Å². The Morgan fingerprint density at radius 1 is 1.30 bits per heavy atom. The van der Waals surface area contributed by atoms with E-state index >= 15 is 0 Å². The molecule has 0 saturated heterocycles. The van der Waals surface area contributed by atoms with Crippen LogP contribution in [0.5, 0.6) is 5.75 Å². The third-order valence-electron chi connectivity index (χ3n) is 3.32. The molecule has 1 unspecified atom stereocenters. The highest BCUT2D eigenvalue weighted by atomic mass is 19.3. The molecule has 0 aliphatic carbocycles. The van der Waals surface area contributed by atoms with E-state index in [1.54, 1.807) is 0 Å². The van der Waals surface area contributed by atoms with E-state index in [1.807, 2.05) is 19.9 Å². The highest BCUT2D eigenvalue weighted by Gasteiger charge is 2.14. The number of alkyl halides is 2. The summed E-state index contributed by atoms with van der Waals surface area (Å²) >= 11 is 0. The first-order valence-corrected chi connectivity index (χ1v) is 7.04. The van der Waals surface area contributed by atoms with Crippen LogP contribution >= 0.6 is 0 Å². The number of aliphatic hydroxyl groups is 1. The Hall–Kier alpha value is -2.41. The molecular weight excluding hydrogens is 306 g/mol. The summed E-state index contributed by atoms with van der Waals surface area (Å²) in [5.74, 6) is -0.301. The number of aryl methyl sites for hydroxylation is 2. The normalized spacial score (nSPS) is 12.3. The lowest BCUT2D eigenvalue weighted by Gasteiger charge is -2.13. The molecule has 0 spiro atoms. The number of rotatable bonds is 6. The Morgan fingerprint density at radius 3 is 2.48 bits per heavy atom. The van der Waals surface area contributed by atoms with Gasteiger partial charge in [-0.2, -0.15) is 8.78 Å². The fraction of sp³-hybridized carbons (Fsp3) is 0.312. The van der Waals surface area contributed by atoms with E-state index in [4.69, 9.17) is 0 Å². The lowest BCUT2D eigenvalue weighted by atomic mass is 10.1. The minimum Gasteiger partial charge on any atom is -0.435 e. The van der Waals surface area contributed by atoms with Gasteiger partial charge in [0.25, 0.3) is 5.91 Å². The van der Waals surface area contributed by atoms with E-state index < -0.39 is 12.7 Å². The molecule has 1 amide bonds. The number of amides is 1. The predicted octanol–water partition coefficient (Wildman–Crippen LogP) is 2.70.